The molecule has 3 unspecified atom stereocenters. The number of ketones is 1. The predicted molar refractivity (Wildman–Crippen MR) is 99.2 cm³/mol. The fourth-order valence-electron chi connectivity index (χ4n) is 6.75. The highest BCUT2D eigenvalue weighted by atomic mass is 16.4. The van der Waals surface area contributed by atoms with E-state index in [0.717, 1.165) is 19.3 Å². The van der Waals surface area contributed by atoms with E-state index in [4.69, 9.17) is 0 Å². The molecule has 4 aliphatic carbocycles. The van der Waals surface area contributed by atoms with Crippen molar-refractivity contribution in [3.8, 4) is 0 Å². The maximum Gasteiger partial charge on any atom is 0.178 e. The SMILES string of the molecule is C[C@@H]1CC2C3CCC4=CC(=O)C=C[C@]4(C)C3=CC[C@]2(C)[C@@]1(O)C(O)CO. The average Bonchev–Trinajstić information content (AvgIpc) is 2.83. The Labute approximate surface area is 155 Å². The zero-order valence-corrected chi connectivity index (χ0v) is 15.9. The number of carbonyl (C=O) groups is 1. The molecule has 4 nitrogen and oxygen atoms in total. The third kappa shape index (κ3) is 2.04. The molecular weight excluding hydrogens is 328 g/mol. The van der Waals surface area contributed by atoms with Gasteiger partial charge < -0.3 is 15.3 Å². The van der Waals surface area contributed by atoms with Gasteiger partial charge in [-0.2, -0.15) is 0 Å². The molecule has 0 amide bonds. The van der Waals surface area contributed by atoms with Crippen LogP contribution in [0.2, 0.25) is 0 Å². The second-order valence-electron chi connectivity index (χ2n) is 9.30. The topological polar surface area (TPSA) is 77.8 Å². The zero-order valence-electron chi connectivity index (χ0n) is 15.9. The van der Waals surface area contributed by atoms with Crippen molar-refractivity contribution in [2.75, 3.05) is 6.61 Å². The van der Waals surface area contributed by atoms with Gasteiger partial charge in [0, 0.05) is 10.8 Å². The molecule has 0 spiro atoms. The van der Waals surface area contributed by atoms with Crippen molar-refractivity contribution in [2.45, 2.75) is 58.2 Å². The summed E-state index contributed by atoms with van der Waals surface area (Å²) < 4.78 is 0. The normalized spacial score (nSPS) is 48.2. The lowest BCUT2D eigenvalue weighted by Gasteiger charge is -2.54. The van der Waals surface area contributed by atoms with Gasteiger partial charge in [-0.1, -0.05) is 37.1 Å². The summed E-state index contributed by atoms with van der Waals surface area (Å²) >= 11 is 0. The van der Waals surface area contributed by atoms with E-state index in [0.29, 0.717) is 12.3 Å². The third-order valence-corrected chi connectivity index (χ3v) is 8.29. The quantitative estimate of drug-likeness (QED) is 0.663. The number of aliphatic hydroxyl groups is 3. The number of carbonyl (C=O) groups excluding carboxylic acids is 1. The Morgan fingerprint density at radius 3 is 2.77 bits per heavy atom. The van der Waals surface area contributed by atoms with E-state index in [1.54, 1.807) is 12.2 Å². The van der Waals surface area contributed by atoms with Gasteiger partial charge in [0.15, 0.2) is 5.78 Å². The van der Waals surface area contributed by atoms with Crippen LogP contribution in [0.3, 0.4) is 0 Å². The zero-order chi connectivity index (χ0) is 18.9. The van der Waals surface area contributed by atoms with E-state index in [1.165, 1.54) is 11.1 Å². The van der Waals surface area contributed by atoms with Crippen LogP contribution < -0.4 is 0 Å². The highest BCUT2D eigenvalue weighted by Gasteiger charge is 2.66. The van der Waals surface area contributed by atoms with E-state index in [-0.39, 0.29) is 23.0 Å². The molecular formula is C22H30O4. The lowest BCUT2D eigenvalue weighted by molar-refractivity contribution is -0.180. The average molecular weight is 358 g/mol. The van der Waals surface area contributed by atoms with Gasteiger partial charge in [0.1, 0.15) is 11.7 Å². The minimum Gasteiger partial charge on any atom is -0.394 e. The fraction of sp³-hybridized carbons (Fsp3) is 0.682. The standard InChI is InChI=1S/C22H30O4/c1-13-10-18-16-5-4-14-11-15(24)6-8-20(14,2)17(16)7-9-21(18,3)22(13,26)19(25)12-23/h6-8,11,13,16,18-19,23,25-26H,4-5,9-10,12H2,1-3H3/t13-,16?,18?,19?,20+,21+,22+/m1/s1. The summed E-state index contributed by atoms with van der Waals surface area (Å²) in [7, 11) is 0. The lowest BCUT2D eigenvalue weighted by Crippen LogP contribution is -2.59. The van der Waals surface area contributed by atoms with Crippen molar-refractivity contribution in [3.63, 3.8) is 0 Å². The largest absolute Gasteiger partial charge is 0.394 e. The van der Waals surface area contributed by atoms with Gasteiger partial charge in [-0.3, -0.25) is 4.79 Å². The summed E-state index contributed by atoms with van der Waals surface area (Å²) in [5, 5.41) is 31.5. The molecule has 4 rings (SSSR count). The molecule has 0 saturated heterocycles. The minimum atomic E-state index is -1.27. The number of aliphatic hydroxyl groups excluding tert-OH is 2. The molecule has 142 valence electrons. The van der Waals surface area contributed by atoms with Gasteiger partial charge in [-0.25, -0.2) is 0 Å². The molecule has 26 heavy (non-hydrogen) atoms. The molecule has 0 heterocycles. The summed E-state index contributed by atoms with van der Waals surface area (Å²) in [5.74, 6) is 0.622. The Balaban J connectivity index is 1.78. The highest BCUT2D eigenvalue weighted by Crippen LogP contribution is 2.66. The Bertz CT molecular complexity index is 734. The summed E-state index contributed by atoms with van der Waals surface area (Å²) in [4.78, 5) is 11.8. The molecule has 0 aromatic rings. The van der Waals surface area contributed by atoms with Crippen LogP contribution in [0.15, 0.2) is 35.5 Å². The molecule has 0 aromatic heterocycles. The van der Waals surface area contributed by atoms with Crippen LogP contribution in [0.1, 0.15) is 46.5 Å². The Morgan fingerprint density at radius 2 is 2.08 bits per heavy atom. The molecule has 0 bridgehead atoms. The molecule has 0 aromatic carbocycles. The van der Waals surface area contributed by atoms with Crippen LogP contribution >= 0.6 is 0 Å². The van der Waals surface area contributed by atoms with E-state index >= 15 is 0 Å². The number of allylic oxidation sites excluding steroid dienone is 6. The van der Waals surface area contributed by atoms with Crippen LogP contribution in [-0.4, -0.2) is 39.4 Å². The summed E-state index contributed by atoms with van der Waals surface area (Å²) in [5.41, 5.74) is 0.653. The fourth-order valence-corrected chi connectivity index (χ4v) is 6.75. The van der Waals surface area contributed by atoms with Gasteiger partial charge in [0.2, 0.25) is 0 Å². The van der Waals surface area contributed by atoms with E-state index in [1.807, 2.05) is 6.92 Å². The smallest absolute Gasteiger partial charge is 0.178 e. The van der Waals surface area contributed by atoms with Gasteiger partial charge in [-0.15, -0.1) is 0 Å². The summed E-state index contributed by atoms with van der Waals surface area (Å²) in [6.07, 6.45) is 10.1. The van der Waals surface area contributed by atoms with Crippen LogP contribution in [0.5, 0.6) is 0 Å². The van der Waals surface area contributed by atoms with Gasteiger partial charge in [0.25, 0.3) is 0 Å². The Kier molecular flexibility index (Phi) is 3.93. The molecule has 7 atom stereocenters. The van der Waals surface area contributed by atoms with Crippen molar-refractivity contribution in [1.82, 2.24) is 0 Å². The van der Waals surface area contributed by atoms with Gasteiger partial charge in [0.05, 0.1) is 6.61 Å². The monoisotopic (exact) mass is 358 g/mol. The second-order valence-corrected chi connectivity index (χ2v) is 9.30. The van der Waals surface area contributed by atoms with E-state index < -0.39 is 23.7 Å². The molecule has 2 fully saturated rings. The van der Waals surface area contributed by atoms with Crippen LogP contribution in [0.4, 0.5) is 0 Å². The van der Waals surface area contributed by atoms with Crippen molar-refractivity contribution < 1.29 is 20.1 Å². The third-order valence-electron chi connectivity index (χ3n) is 8.29. The van der Waals surface area contributed by atoms with Crippen LogP contribution in [0, 0.1) is 28.6 Å². The number of hydrogen-bond donors (Lipinski definition) is 3. The van der Waals surface area contributed by atoms with Crippen molar-refractivity contribution in [1.29, 1.82) is 0 Å². The number of hydrogen-bond acceptors (Lipinski definition) is 4. The molecule has 0 aliphatic heterocycles. The number of fused-ring (bicyclic) bond motifs is 5. The first-order valence-electron chi connectivity index (χ1n) is 9.84. The maximum atomic E-state index is 11.8. The highest BCUT2D eigenvalue weighted by molar-refractivity contribution is 6.01. The molecule has 0 radical (unpaired) electrons. The second kappa shape index (κ2) is 5.63. The lowest BCUT2D eigenvalue weighted by atomic mass is 9.51. The Morgan fingerprint density at radius 1 is 1.35 bits per heavy atom. The van der Waals surface area contributed by atoms with Crippen LogP contribution in [-0.2, 0) is 4.79 Å². The molecule has 3 N–H and O–H groups in total. The van der Waals surface area contributed by atoms with Crippen molar-refractivity contribution >= 4 is 5.78 Å². The minimum absolute atomic E-state index is 0.0689. The van der Waals surface area contributed by atoms with Crippen molar-refractivity contribution in [2.24, 2.45) is 28.6 Å². The molecule has 4 heteroatoms. The first kappa shape index (κ1) is 18.1. The maximum absolute atomic E-state index is 11.8. The van der Waals surface area contributed by atoms with Gasteiger partial charge >= 0.3 is 0 Å². The first-order chi connectivity index (χ1) is 12.2. The van der Waals surface area contributed by atoms with Gasteiger partial charge in [-0.05, 0) is 62.5 Å². The number of rotatable bonds is 2. The summed E-state index contributed by atoms with van der Waals surface area (Å²) in [6, 6.07) is 0. The molecule has 2 saturated carbocycles. The van der Waals surface area contributed by atoms with E-state index in [9.17, 15) is 20.1 Å². The van der Waals surface area contributed by atoms with Crippen molar-refractivity contribution in [3.05, 3.63) is 35.5 Å². The van der Waals surface area contributed by atoms with E-state index in [2.05, 4.69) is 26.0 Å². The first-order valence-corrected chi connectivity index (χ1v) is 9.84. The summed E-state index contributed by atoms with van der Waals surface area (Å²) in [6.45, 7) is 5.87. The van der Waals surface area contributed by atoms with Crippen LogP contribution in [0.25, 0.3) is 0 Å². The predicted octanol–water partition coefficient (Wildman–Crippen LogP) is 2.54. The molecule has 4 aliphatic rings. The Hall–Kier alpha value is -1.23.